The van der Waals surface area contributed by atoms with E-state index in [1.165, 1.54) is 6.42 Å². The monoisotopic (exact) mass is 282 g/mol. The van der Waals surface area contributed by atoms with E-state index in [-0.39, 0.29) is 11.3 Å². The van der Waals surface area contributed by atoms with Crippen LogP contribution in [0, 0.1) is 17.3 Å². The number of carbonyl (C=O) groups is 1. The minimum atomic E-state index is -0.316. The first kappa shape index (κ1) is 15.8. The molecule has 4 nitrogen and oxygen atoms in total. The molecule has 1 saturated carbocycles. The van der Waals surface area contributed by atoms with Crippen LogP contribution in [0.15, 0.2) is 0 Å². The number of ether oxygens (including phenoxy) is 1. The lowest BCUT2D eigenvalue weighted by atomic mass is 9.76. The molecule has 0 bridgehead atoms. The number of amides is 1. The Morgan fingerprint density at radius 1 is 1.20 bits per heavy atom. The largest absolute Gasteiger partial charge is 0.384 e. The Kier molecular flexibility index (Phi) is 5.44. The van der Waals surface area contributed by atoms with Gasteiger partial charge in [0.25, 0.3) is 0 Å². The number of nitrogens with one attached hydrogen (secondary N) is 2. The highest BCUT2D eigenvalue weighted by atomic mass is 16.5. The topological polar surface area (TPSA) is 50.4 Å². The van der Waals surface area contributed by atoms with Crippen LogP contribution in [0.2, 0.25) is 0 Å². The van der Waals surface area contributed by atoms with Gasteiger partial charge in [-0.05, 0) is 57.0 Å². The molecule has 1 aliphatic heterocycles. The summed E-state index contributed by atoms with van der Waals surface area (Å²) in [7, 11) is 1.70. The number of carbonyl (C=O) groups excluding carboxylic acids is 1. The Morgan fingerprint density at radius 3 is 2.35 bits per heavy atom. The van der Waals surface area contributed by atoms with Crippen LogP contribution < -0.4 is 10.6 Å². The Hall–Kier alpha value is -0.610. The van der Waals surface area contributed by atoms with Gasteiger partial charge in [0, 0.05) is 13.2 Å². The summed E-state index contributed by atoms with van der Waals surface area (Å²) in [5, 5.41) is 6.66. The number of rotatable bonds is 4. The van der Waals surface area contributed by atoms with Crippen LogP contribution in [0.4, 0.5) is 0 Å². The zero-order valence-corrected chi connectivity index (χ0v) is 13.2. The van der Waals surface area contributed by atoms with E-state index in [4.69, 9.17) is 4.74 Å². The summed E-state index contributed by atoms with van der Waals surface area (Å²) in [6.07, 6.45) is 5.29. The second-order valence-corrected chi connectivity index (χ2v) is 7.05. The SMILES string of the molecule is COCC1(C(=O)NC2CC(C)CC(C)C2)CCNCC1. The maximum Gasteiger partial charge on any atom is 0.228 e. The van der Waals surface area contributed by atoms with E-state index in [1.54, 1.807) is 7.11 Å². The highest BCUT2D eigenvalue weighted by Crippen LogP contribution is 2.32. The molecule has 0 aromatic carbocycles. The first-order chi connectivity index (χ1) is 9.55. The van der Waals surface area contributed by atoms with Crippen LogP contribution in [0.3, 0.4) is 0 Å². The van der Waals surface area contributed by atoms with Gasteiger partial charge in [-0.25, -0.2) is 0 Å². The molecule has 2 rings (SSSR count). The van der Waals surface area contributed by atoms with Crippen molar-refractivity contribution in [3.8, 4) is 0 Å². The summed E-state index contributed by atoms with van der Waals surface area (Å²) < 4.78 is 5.35. The van der Waals surface area contributed by atoms with Crippen molar-refractivity contribution in [2.24, 2.45) is 17.3 Å². The molecular weight excluding hydrogens is 252 g/mol. The second-order valence-electron chi connectivity index (χ2n) is 7.05. The van der Waals surface area contributed by atoms with Crippen LogP contribution >= 0.6 is 0 Å². The molecule has 2 fully saturated rings. The Bertz CT molecular complexity index is 311. The van der Waals surface area contributed by atoms with Crippen molar-refractivity contribution in [1.29, 1.82) is 0 Å². The van der Waals surface area contributed by atoms with Crippen molar-refractivity contribution in [3.05, 3.63) is 0 Å². The molecule has 0 aromatic rings. The van der Waals surface area contributed by atoms with Gasteiger partial charge < -0.3 is 15.4 Å². The summed E-state index contributed by atoms with van der Waals surface area (Å²) in [5.74, 6) is 1.65. The van der Waals surface area contributed by atoms with Crippen LogP contribution in [-0.2, 0) is 9.53 Å². The summed E-state index contributed by atoms with van der Waals surface area (Å²) in [5.41, 5.74) is -0.316. The molecule has 0 spiro atoms. The molecule has 1 heterocycles. The quantitative estimate of drug-likeness (QED) is 0.828. The third-order valence-electron chi connectivity index (χ3n) is 4.98. The van der Waals surface area contributed by atoms with Crippen LogP contribution in [0.5, 0.6) is 0 Å². The van der Waals surface area contributed by atoms with E-state index >= 15 is 0 Å². The van der Waals surface area contributed by atoms with Gasteiger partial charge in [-0.15, -0.1) is 0 Å². The van der Waals surface area contributed by atoms with E-state index in [1.807, 2.05) is 0 Å². The van der Waals surface area contributed by atoms with E-state index in [2.05, 4.69) is 24.5 Å². The van der Waals surface area contributed by atoms with Gasteiger partial charge in [-0.2, -0.15) is 0 Å². The first-order valence-corrected chi connectivity index (χ1v) is 8.06. The summed E-state index contributed by atoms with van der Waals surface area (Å²) in [6, 6.07) is 0.352. The predicted octanol–water partition coefficient (Wildman–Crippen LogP) is 1.94. The fourth-order valence-electron chi connectivity index (χ4n) is 4.02. The minimum Gasteiger partial charge on any atom is -0.384 e. The molecule has 1 saturated heterocycles. The first-order valence-electron chi connectivity index (χ1n) is 8.06. The molecule has 2 unspecified atom stereocenters. The van der Waals surface area contributed by atoms with Gasteiger partial charge in [0.15, 0.2) is 0 Å². The van der Waals surface area contributed by atoms with Crippen LogP contribution in [-0.4, -0.2) is 38.8 Å². The highest BCUT2D eigenvalue weighted by molar-refractivity contribution is 5.83. The lowest BCUT2D eigenvalue weighted by molar-refractivity contribution is -0.137. The minimum absolute atomic E-state index is 0.215. The van der Waals surface area contributed by atoms with Crippen molar-refractivity contribution < 1.29 is 9.53 Å². The van der Waals surface area contributed by atoms with Gasteiger partial charge in [-0.3, -0.25) is 4.79 Å². The molecule has 4 heteroatoms. The summed E-state index contributed by atoms with van der Waals surface area (Å²) in [6.45, 7) is 6.95. The average molecular weight is 282 g/mol. The smallest absolute Gasteiger partial charge is 0.228 e. The molecule has 1 amide bonds. The zero-order chi connectivity index (χ0) is 14.6. The van der Waals surface area contributed by atoms with Crippen molar-refractivity contribution in [3.63, 3.8) is 0 Å². The molecule has 116 valence electrons. The molecular formula is C16H30N2O2. The second kappa shape index (κ2) is 6.90. The van der Waals surface area contributed by atoms with Gasteiger partial charge in [0.1, 0.15) is 0 Å². The van der Waals surface area contributed by atoms with Crippen molar-refractivity contribution in [2.75, 3.05) is 26.8 Å². The number of methoxy groups -OCH3 is 1. The van der Waals surface area contributed by atoms with Gasteiger partial charge in [0.2, 0.25) is 5.91 Å². The maximum atomic E-state index is 12.8. The molecule has 2 atom stereocenters. The van der Waals surface area contributed by atoms with Crippen molar-refractivity contribution >= 4 is 5.91 Å². The van der Waals surface area contributed by atoms with E-state index in [0.29, 0.717) is 12.6 Å². The van der Waals surface area contributed by atoms with Gasteiger partial charge in [-0.1, -0.05) is 13.8 Å². The Morgan fingerprint density at radius 2 is 1.80 bits per heavy atom. The number of hydrogen-bond donors (Lipinski definition) is 2. The fraction of sp³-hybridized carbons (Fsp3) is 0.938. The molecule has 2 aliphatic rings. The molecule has 0 aromatic heterocycles. The van der Waals surface area contributed by atoms with Crippen molar-refractivity contribution in [1.82, 2.24) is 10.6 Å². The van der Waals surface area contributed by atoms with Crippen LogP contribution in [0.1, 0.15) is 46.0 Å². The van der Waals surface area contributed by atoms with E-state index in [9.17, 15) is 4.79 Å². The lowest BCUT2D eigenvalue weighted by Crippen LogP contribution is -2.53. The predicted molar refractivity (Wildman–Crippen MR) is 80.5 cm³/mol. The summed E-state index contributed by atoms with van der Waals surface area (Å²) in [4.78, 5) is 12.8. The zero-order valence-electron chi connectivity index (χ0n) is 13.2. The normalized spacial score (nSPS) is 33.6. The maximum absolute atomic E-state index is 12.8. The van der Waals surface area contributed by atoms with Gasteiger partial charge in [0.05, 0.1) is 12.0 Å². The standard InChI is InChI=1S/C16H30N2O2/c1-12-8-13(2)10-14(9-12)18-15(19)16(11-20-3)4-6-17-7-5-16/h12-14,17H,4-11H2,1-3H3,(H,18,19). The van der Waals surface area contributed by atoms with E-state index in [0.717, 1.165) is 50.6 Å². The van der Waals surface area contributed by atoms with Gasteiger partial charge >= 0.3 is 0 Å². The molecule has 1 aliphatic carbocycles. The van der Waals surface area contributed by atoms with E-state index < -0.39 is 0 Å². The molecule has 0 radical (unpaired) electrons. The third kappa shape index (κ3) is 3.73. The number of piperidine rings is 1. The molecule has 2 N–H and O–H groups in total. The highest BCUT2D eigenvalue weighted by Gasteiger charge is 2.40. The molecule has 20 heavy (non-hydrogen) atoms. The lowest BCUT2D eigenvalue weighted by Gasteiger charge is -2.39. The number of hydrogen-bond acceptors (Lipinski definition) is 3. The third-order valence-corrected chi connectivity index (χ3v) is 4.98. The Labute approximate surface area is 123 Å². The van der Waals surface area contributed by atoms with Crippen molar-refractivity contribution in [2.45, 2.75) is 52.0 Å². The summed E-state index contributed by atoms with van der Waals surface area (Å²) >= 11 is 0. The van der Waals surface area contributed by atoms with Crippen LogP contribution in [0.25, 0.3) is 0 Å². The Balaban J connectivity index is 1.97. The average Bonchev–Trinajstić information content (AvgIpc) is 2.38. The fourth-order valence-corrected chi connectivity index (χ4v) is 4.02.